The monoisotopic (exact) mass is 336 g/mol. The first-order chi connectivity index (χ1) is 11.5. The number of aryl methyl sites for hydroxylation is 2. The number of oxazole rings is 1. The highest BCUT2D eigenvalue weighted by molar-refractivity contribution is 5.85. The highest BCUT2D eigenvalue weighted by Crippen LogP contribution is 2.26. The molecule has 3 heterocycles. The third-order valence-corrected chi connectivity index (χ3v) is 5.28. The van der Waals surface area contributed by atoms with Crippen LogP contribution >= 0.6 is 0 Å². The Bertz CT molecular complexity index is 553. The van der Waals surface area contributed by atoms with Gasteiger partial charge >= 0.3 is 0 Å². The van der Waals surface area contributed by atoms with Crippen LogP contribution in [0.4, 0.5) is 0 Å². The molecule has 1 aromatic heterocycles. The third kappa shape index (κ3) is 3.48. The molecule has 0 saturated carbocycles. The summed E-state index contributed by atoms with van der Waals surface area (Å²) in [5.74, 6) is 1.79. The van der Waals surface area contributed by atoms with E-state index in [4.69, 9.17) is 9.15 Å². The Morgan fingerprint density at radius 2 is 1.92 bits per heavy atom. The number of piperidine rings is 1. The van der Waals surface area contributed by atoms with Crippen LogP contribution in [0, 0.1) is 13.8 Å². The lowest BCUT2D eigenvalue weighted by atomic mass is 9.90. The number of methoxy groups -OCH3 is 1. The summed E-state index contributed by atoms with van der Waals surface area (Å²) in [6.07, 6.45) is 1.49. The number of hydrogen-bond donors (Lipinski definition) is 1. The summed E-state index contributed by atoms with van der Waals surface area (Å²) in [4.78, 5) is 21.6. The quantitative estimate of drug-likeness (QED) is 0.873. The number of amides is 1. The van der Waals surface area contributed by atoms with E-state index in [9.17, 15) is 4.79 Å². The average Bonchev–Trinajstić information content (AvgIpc) is 2.93. The van der Waals surface area contributed by atoms with Crippen molar-refractivity contribution in [1.29, 1.82) is 0 Å². The summed E-state index contributed by atoms with van der Waals surface area (Å²) < 4.78 is 11.3. The molecule has 2 aliphatic rings. The van der Waals surface area contributed by atoms with Gasteiger partial charge in [-0.15, -0.1) is 0 Å². The van der Waals surface area contributed by atoms with Crippen LogP contribution in [0.25, 0.3) is 0 Å². The van der Waals surface area contributed by atoms with E-state index in [1.165, 1.54) is 0 Å². The molecular formula is C17H28N4O3. The Kier molecular flexibility index (Phi) is 5.22. The Labute approximate surface area is 143 Å². The second-order valence-electron chi connectivity index (χ2n) is 6.77. The molecule has 7 nitrogen and oxygen atoms in total. The van der Waals surface area contributed by atoms with Crippen LogP contribution in [0.2, 0.25) is 0 Å². The van der Waals surface area contributed by atoms with Crippen LogP contribution in [-0.2, 0) is 16.1 Å². The molecule has 0 unspecified atom stereocenters. The van der Waals surface area contributed by atoms with Gasteiger partial charge in [0.1, 0.15) is 11.4 Å². The van der Waals surface area contributed by atoms with E-state index in [1.54, 1.807) is 7.11 Å². The van der Waals surface area contributed by atoms with Gasteiger partial charge in [0.25, 0.3) is 5.91 Å². The largest absolute Gasteiger partial charge is 0.444 e. The zero-order valence-electron chi connectivity index (χ0n) is 14.9. The molecule has 0 aliphatic carbocycles. The first kappa shape index (κ1) is 17.4. The number of nitrogens with one attached hydrogen (secondary N) is 1. The fourth-order valence-corrected chi connectivity index (χ4v) is 3.53. The lowest BCUT2D eigenvalue weighted by Gasteiger charge is -2.42. The predicted molar refractivity (Wildman–Crippen MR) is 89.7 cm³/mol. The van der Waals surface area contributed by atoms with Gasteiger partial charge < -0.3 is 19.4 Å². The Morgan fingerprint density at radius 1 is 1.25 bits per heavy atom. The van der Waals surface area contributed by atoms with Crippen molar-refractivity contribution in [2.75, 3.05) is 46.4 Å². The average molecular weight is 336 g/mol. The van der Waals surface area contributed by atoms with Crippen molar-refractivity contribution in [3.05, 3.63) is 17.3 Å². The molecule has 1 aromatic rings. The van der Waals surface area contributed by atoms with Gasteiger partial charge in [-0.1, -0.05) is 0 Å². The molecule has 2 aliphatic heterocycles. The molecule has 1 amide bonds. The maximum absolute atomic E-state index is 12.9. The van der Waals surface area contributed by atoms with Crippen molar-refractivity contribution < 1.29 is 13.9 Å². The van der Waals surface area contributed by atoms with Crippen molar-refractivity contribution in [1.82, 2.24) is 20.1 Å². The molecule has 0 radical (unpaired) electrons. The second-order valence-corrected chi connectivity index (χ2v) is 6.77. The number of aromatic nitrogens is 1. The lowest BCUT2D eigenvalue weighted by molar-refractivity contribution is -0.160. The van der Waals surface area contributed by atoms with Gasteiger partial charge in [0.15, 0.2) is 0 Å². The zero-order chi connectivity index (χ0) is 17.2. The first-order valence-electron chi connectivity index (χ1n) is 8.74. The minimum absolute atomic E-state index is 0.147. The molecule has 0 spiro atoms. The number of ether oxygens (including phenoxy) is 1. The number of nitrogens with zero attached hydrogens (tertiary/aromatic N) is 3. The van der Waals surface area contributed by atoms with E-state index in [1.807, 2.05) is 18.7 Å². The summed E-state index contributed by atoms with van der Waals surface area (Å²) in [5.41, 5.74) is 0.316. The topological polar surface area (TPSA) is 70.8 Å². The highest BCUT2D eigenvalue weighted by atomic mass is 16.5. The molecule has 2 fully saturated rings. The van der Waals surface area contributed by atoms with Gasteiger partial charge in [-0.3, -0.25) is 9.69 Å². The normalized spacial score (nSPS) is 21.9. The number of rotatable bonds is 4. The molecule has 1 N–H and O–H groups in total. The minimum Gasteiger partial charge on any atom is -0.444 e. The predicted octanol–water partition coefficient (Wildman–Crippen LogP) is 0.704. The second kappa shape index (κ2) is 7.21. The van der Waals surface area contributed by atoms with E-state index in [0.29, 0.717) is 6.54 Å². The van der Waals surface area contributed by atoms with Crippen LogP contribution in [-0.4, -0.2) is 72.7 Å². The van der Waals surface area contributed by atoms with Gasteiger partial charge in [-0.25, -0.2) is 4.98 Å². The van der Waals surface area contributed by atoms with Crippen molar-refractivity contribution in [2.45, 2.75) is 38.8 Å². The van der Waals surface area contributed by atoms with Gasteiger partial charge in [0, 0.05) is 33.3 Å². The van der Waals surface area contributed by atoms with Crippen molar-refractivity contribution in [2.24, 2.45) is 0 Å². The van der Waals surface area contributed by atoms with Crippen LogP contribution < -0.4 is 5.32 Å². The Hall–Kier alpha value is -1.44. The Balaban J connectivity index is 1.55. The van der Waals surface area contributed by atoms with Crippen LogP contribution in [0.1, 0.15) is 30.2 Å². The standard InChI is InChI=1S/C17H28N4O3/c1-13-14(2)24-15(19-13)12-20-8-10-21(11-9-20)16(22)17(23-3)4-6-18-7-5-17/h18H,4-12H2,1-3H3. The van der Waals surface area contributed by atoms with E-state index in [0.717, 1.165) is 69.5 Å². The molecule has 7 heteroatoms. The van der Waals surface area contributed by atoms with Crippen LogP contribution in [0.15, 0.2) is 4.42 Å². The van der Waals surface area contributed by atoms with Crippen LogP contribution in [0.3, 0.4) is 0 Å². The molecule has 24 heavy (non-hydrogen) atoms. The van der Waals surface area contributed by atoms with E-state index in [2.05, 4.69) is 15.2 Å². The number of carbonyl (C=O) groups is 1. The fraction of sp³-hybridized carbons (Fsp3) is 0.765. The lowest BCUT2D eigenvalue weighted by Crippen LogP contribution is -2.59. The van der Waals surface area contributed by atoms with E-state index in [-0.39, 0.29) is 5.91 Å². The molecule has 0 aromatic carbocycles. The zero-order valence-corrected chi connectivity index (χ0v) is 14.9. The highest BCUT2D eigenvalue weighted by Gasteiger charge is 2.43. The van der Waals surface area contributed by atoms with Crippen molar-refractivity contribution in [3.63, 3.8) is 0 Å². The molecule has 134 valence electrons. The third-order valence-electron chi connectivity index (χ3n) is 5.28. The SMILES string of the molecule is COC1(C(=O)N2CCN(Cc3nc(C)c(C)o3)CC2)CCNCC1. The minimum atomic E-state index is -0.635. The summed E-state index contributed by atoms with van der Waals surface area (Å²) in [6, 6.07) is 0. The summed E-state index contributed by atoms with van der Waals surface area (Å²) in [5, 5.41) is 3.30. The summed E-state index contributed by atoms with van der Waals surface area (Å²) in [6.45, 7) is 9.41. The smallest absolute Gasteiger partial charge is 0.254 e. The molecular weight excluding hydrogens is 308 g/mol. The Morgan fingerprint density at radius 3 is 2.46 bits per heavy atom. The van der Waals surface area contributed by atoms with E-state index < -0.39 is 5.60 Å². The molecule has 2 saturated heterocycles. The van der Waals surface area contributed by atoms with Crippen molar-refractivity contribution in [3.8, 4) is 0 Å². The summed E-state index contributed by atoms with van der Waals surface area (Å²) in [7, 11) is 1.66. The van der Waals surface area contributed by atoms with Gasteiger partial charge in [0.2, 0.25) is 5.89 Å². The number of hydrogen-bond acceptors (Lipinski definition) is 6. The number of carbonyl (C=O) groups excluding carboxylic acids is 1. The molecule has 0 bridgehead atoms. The van der Waals surface area contributed by atoms with Gasteiger partial charge in [0.05, 0.1) is 12.2 Å². The van der Waals surface area contributed by atoms with Crippen LogP contribution in [0.5, 0.6) is 0 Å². The van der Waals surface area contributed by atoms with Gasteiger partial charge in [-0.2, -0.15) is 0 Å². The van der Waals surface area contributed by atoms with Crippen molar-refractivity contribution >= 4 is 5.91 Å². The molecule has 0 atom stereocenters. The fourth-order valence-electron chi connectivity index (χ4n) is 3.53. The maximum atomic E-state index is 12.9. The van der Waals surface area contributed by atoms with E-state index >= 15 is 0 Å². The van der Waals surface area contributed by atoms with Gasteiger partial charge in [-0.05, 0) is 39.8 Å². The molecule has 3 rings (SSSR count). The maximum Gasteiger partial charge on any atom is 0.254 e. The first-order valence-corrected chi connectivity index (χ1v) is 8.74. The number of piperazine rings is 1. The summed E-state index contributed by atoms with van der Waals surface area (Å²) >= 11 is 0.